The van der Waals surface area contributed by atoms with E-state index in [0.717, 1.165) is 21.6 Å². The van der Waals surface area contributed by atoms with Gasteiger partial charge in [-0.3, -0.25) is 0 Å². The van der Waals surface area contributed by atoms with Gasteiger partial charge in [-0.2, -0.15) is 0 Å². The fourth-order valence-corrected chi connectivity index (χ4v) is 2.06. The van der Waals surface area contributed by atoms with E-state index in [1.54, 1.807) is 5.38 Å². The molecule has 0 aliphatic carbocycles. The molecule has 0 unspecified atom stereocenters. The monoisotopic (exact) mass is 313 g/mol. The van der Waals surface area contributed by atoms with Gasteiger partial charge in [-0.15, -0.1) is 11.3 Å². The van der Waals surface area contributed by atoms with Gasteiger partial charge in [0.1, 0.15) is 12.4 Å². The summed E-state index contributed by atoms with van der Waals surface area (Å²) in [5.74, 6) is -0.289. The van der Waals surface area contributed by atoms with Gasteiger partial charge in [-0.25, -0.2) is 9.78 Å². The highest BCUT2D eigenvalue weighted by Crippen LogP contribution is 2.18. The fourth-order valence-electron chi connectivity index (χ4n) is 1.16. The number of carboxylic acid groups (broad SMARTS) is 1. The molecule has 2 rings (SSSR count). The number of benzene rings is 1. The molecule has 0 fully saturated rings. The first kappa shape index (κ1) is 12.1. The van der Waals surface area contributed by atoms with Crippen LogP contribution in [0.3, 0.4) is 0 Å². The summed E-state index contributed by atoms with van der Waals surface area (Å²) in [6.45, 7) is 0.269. The number of carboxylic acids is 1. The van der Waals surface area contributed by atoms with E-state index < -0.39 is 5.97 Å². The highest BCUT2D eigenvalue weighted by Gasteiger charge is 2.08. The first-order valence-electron chi connectivity index (χ1n) is 4.71. The van der Waals surface area contributed by atoms with Gasteiger partial charge in [-0.05, 0) is 24.3 Å². The predicted molar refractivity (Wildman–Crippen MR) is 67.5 cm³/mol. The zero-order valence-electron chi connectivity index (χ0n) is 8.59. The molecule has 17 heavy (non-hydrogen) atoms. The summed E-state index contributed by atoms with van der Waals surface area (Å²) in [5.41, 5.74) is 0.621. The average Bonchev–Trinajstić information content (AvgIpc) is 2.77. The molecule has 1 aromatic carbocycles. The van der Waals surface area contributed by atoms with E-state index in [-0.39, 0.29) is 11.6 Å². The van der Waals surface area contributed by atoms with Gasteiger partial charge in [-0.1, -0.05) is 15.9 Å². The van der Waals surface area contributed by atoms with Crippen molar-refractivity contribution in [1.82, 2.24) is 4.98 Å². The third-order valence-electron chi connectivity index (χ3n) is 1.94. The number of rotatable bonds is 4. The summed E-state index contributed by atoms with van der Waals surface area (Å²) < 4.78 is 6.45. The maximum Gasteiger partial charge on any atom is 0.365 e. The first-order chi connectivity index (χ1) is 8.15. The number of nitrogens with zero attached hydrogens (tertiary/aromatic N) is 1. The second kappa shape index (κ2) is 5.29. The molecule has 0 saturated heterocycles. The lowest BCUT2D eigenvalue weighted by Gasteiger charge is -2.03. The van der Waals surface area contributed by atoms with Crippen LogP contribution in [-0.2, 0) is 6.61 Å². The van der Waals surface area contributed by atoms with E-state index in [1.807, 2.05) is 24.3 Å². The summed E-state index contributed by atoms with van der Waals surface area (Å²) in [4.78, 5) is 14.6. The third-order valence-corrected chi connectivity index (χ3v) is 3.34. The second-order valence-corrected chi connectivity index (χ2v) is 4.97. The third kappa shape index (κ3) is 3.28. The van der Waals surface area contributed by atoms with Crippen LogP contribution >= 0.6 is 27.3 Å². The molecule has 4 nitrogen and oxygen atoms in total. The zero-order chi connectivity index (χ0) is 12.3. The molecule has 6 heteroatoms. The van der Waals surface area contributed by atoms with Crippen molar-refractivity contribution in [2.75, 3.05) is 0 Å². The Hall–Kier alpha value is -1.40. The maximum absolute atomic E-state index is 10.6. The van der Waals surface area contributed by atoms with Crippen LogP contribution < -0.4 is 4.74 Å². The van der Waals surface area contributed by atoms with Crippen LogP contribution in [0.15, 0.2) is 34.1 Å². The lowest BCUT2D eigenvalue weighted by atomic mass is 10.3. The van der Waals surface area contributed by atoms with Crippen molar-refractivity contribution in [3.8, 4) is 5.75 Å². The summed E-state index contributed by atoms with van der Waals surface area (Å²) in [6.07, 6.45) is 0. The Balaban J connectivity index is 1.97. The van der Waals surface area contributed by atoms with Crippen LogP contribution in [0.25, 0.3) is 0 Å². The molecule has 0 amide bonds. The van der Waals surface area contributed by atoms with Crippen LogP contribution in [-0.4, -0.2) is 16.1 Å². The summed E-state index contributed by atoms with van der Waals surface area (Å²) in [7, 11) is 0. The SMILES string of the molecule is O=C(O)c1nc(COc2ccc(Br)cc2)cs1. The Morgan fingerprint density at radius 1 is 1.41 bits per heavy atom. The number of aromatic nitrogens is 1. The van der Waals surface area contributed by atoms with Gasteiger partial charge in [0.2, 0.25) is 5.01 Å². The summed E-state index contributed by atoms with van der Waals surface area (Å²) in [6, 6.07) is 7.40. The fraction of sp³-hybridized carbons (Fsp3) is 0.0909. The van der Waals surface area contributed by atoms with Crippen LogP contribution in [0.1, 0.15) is 15.5 Å². The van der Waals surface area contributed by atoms with E-state index in [4.69, 9.17) is 9.84 Å². The number of hydrogen-bond donors (Lipinski definition) is 1. The minimum Gasteiger partial charge on any atom is -0.487 e. The average molecular weight is 314 g/mol. The van der Waals surface area contributed by atoms with E-state index in [9.17, 15) is 4.79 Å². The Labute approximate surface area is 110 Å². The molecule has 2 aromatic rings. The predicted octanol–water partition coefficient (Wildman–Crippen LogP) is 3.18. The van der Waals surface area contributed by atoms with Gasteiger partial charge in [0.25, 0.3) is 0 Å². The van der Waals surface area contributed by atoms with Crippen molar-refractivity contribution in [2.45, 2.75) is 6.61 Å². The highest BCUT2D eigenvalue weighted by atomic mass is 79.9. The standard InChI is InChI=1S/C11H8BrNO3S/c12-7-1-3-9(4-2-7)16-5-8-6-17-10(13-8)11(14)15/h1-4,6H,5H2,(H,14,15). The smallest absolute Gasteiger partial charge is 0.365 e. The van der Waals surface area contributed by atoms with Gasteiger partial charge in [0.15, 0.2) is 0 Å². The molecule has 0 saturated carbocycles. The first-order valence-corrected chi connectivity index (χ1v) is 6.38. The Morgan fingerprint density at radius 2 is 2.12 bits per heavy atom. The minimum absolute atomic E-state index is 0.0828. The molecule has 0 atom stereocenters. The number of aromatic carboxylic acids is 1. The van der Waals surface area contributed by atoms with Crippen molar-refractivity contribution in [1.29, 1.82) is 0 Å². The largest absolute Gasteiger partial charge is 0.487 e. The minimum atomic E-state index is -1.01. The van der Waals surface area contributed by atoms with Crippen molar-refractivity contribution < 1.29 is 14.6 Å². The van der Waals surface area contributed by atoms with Gasteiger partial charge in [0.05, 0.1) is 5.69 Å². The van der Waals surface area contributed by atoms with E-state index in [0.29, 0.717) is 5.69 Å². The van der Waals surface area contributed by atoms with Gasteiger partial charge < -0.3 is 9.84 Å². The molecule has 1 heterocycles. The number of carbonyl (C=O) groups is 1. The highest BCUT2D eigenvalue weighted by molar-refractivity contribution is 9.10. The zero-order valence-corrected chi connectivity index (χ0v) is 11.0. The number of thiazole rings is 1. The molecule has 1 aromatic heterocycles. The Morgan fingerprint density at radius 3 is 2.71 bits per heavy atom. The summed E-state index contributed by atoms with van der Waals surface area (Å²) >= 11 is 4.43. The molecular formula is C11H8BrNO3S. The molecule has 0 aliphatic heterocycles. The van der Waals surface area contributed by atoms with Crippen molar-refractivity contribution in [3.63, 3.8) is 0 Å². The Bertz CT molecular complexity index is 524. The lowest BCUT2D eigenvalue weighted by Crippen LogP contribution is -1.99. The lowest BCUT2D eigenvalue weighted by molar-refractivity contribution is 0.0696. The van der Waals surface area contributed by atoms with Crippen LogP contribution in [0.4, 0.5) is 0 Å². The van der Waals surface area contributed by atoms with Crippen LogP contribution in [0.5, 0.6) is 5.75 Å². The van der Waals surface area contributed by atoms with Crippen LogP contribution in [0.2, 0.25) is 0 Å². The Kier molecular flexibility index (Phi) is 3.75. The molecule has 0 aliphatic rings. The van der Waals surface area contributed by atoms with Crippen LogP contribution in [0, 0.1) is 0 Å². The number of halogens is 1. The quantitative estimate of drug-likeness (QED) is 0.941. The second-order valence-electron chi connectivity index (χ2n) is 3.19. The van der Waals surface area contributed by atoms with E-state index >= 15 is 0 Å². The van der Waals surface area contributed by atoms with Crippen molar-refractivity contribution >= 4 is 33.2 Å². The molecular weight excluding hydrogens is 306 g/mol. The normalized spacial score (nSPS) is 10.2. The van der Waals surface area contributed by atoms with Gasteiger partial charge >= 0.3 is 5.97 Å². The maximum atomic E-state index is 10.6. The number of hydrogen-bond acceptors (Lipinski definition) is 4. The number of ether oxygens (including phenoxy) is 1. The van der Waals surface area contributed by atoms with E-state index in [1.165, 1.54) is 0 Å². The topological polar surface area (TPSA) is 59.4 Å². The molecule has 1 N–H and O–H groups in total. The molecule has 0 spiro atoms. The van der Waals surface area contributed by atoms with Crippen molar-refractivity contribution in [3.05, 3.63) is 44.8 Å². The summed E-state index contributed by atoms with van der Waals surface area (Å²) in [5, 5.41) is 10.5. The molecule has 0 radical (unpaired) electrons. The van der Waals surface area contributed by atoms with Crippen molar-refractivity contribution in [2.24, 2.45) is 0 Å². The van der Waals surface area contributed by atoms with Gasteiger partial charge in [0, 0.05) is 9.85 Å². The molecule has 88 valence electrons. The molecule has 0 bridgehead atoms. The van der Waals surface area contributed by atoms with E-state index in [2.05, 4.69) is 20.9 Å².